The standard InChI is InChI=1S/C16H12N3O3S.Li/c20-15-14-11(10-3-1-2-4-12(10)18-14)6-19(15)13(16(21)22)5-9-7-23-8-17-9;/h1-4,6-8,13,18H,5H2,(H,21,22);/q-1;+1. The molecule has 0 fully saturated rings. The number of aliphatic carboxylic acids is 1. The molecule has 0 aliphatic carbocycles. The fraction of sp³-hybridized carbons (Fsp3) is 0.125. The zero-order chi connectivity index (χ0) is 16.0. The molecule has 0 aliphatic heterocycles. The van der Waals surface area contributed by atoms with Crippen molar-refractivity contribution in [2.45, 2.75) is 12.5 Å². The number of rotatable bonds is 4. The minimum absolute atomic E-state index is 0. The molecule has 2 N–H and O–H groups in total. The number of benzene rings is 1. The van der Waals surface area contributed by atoms with Gasteiger partial charge in [-0.15, -0.1) is 16.7 Å². The van der Waals surface area contributed by atoms with Gasteiger partial charge in [0.2, 0.25) is 0 Å². The van der Waals surface area contributed by atoms with Crippen LogP contribution in [0, 0.1) is 0 Å². The van der Waals surface area contributed by atoms with E-state index in [1.807, 2.05) is 24.3 Å². The van der Waals surface area contributed by atoms with Crippen molar-refractivity contribution in [3.05, 3.63) is 57.4 Å². The van der Waals surface area contributed by atoms with Crippen molar-refractivity contribution in [1.82, 2.24) is 14.5 Å². The van der Waals surface area contributed by atoms with Gasteiger partial charge in [0, 0.05) is 11.8 Å². The smallest absolute Gasteiger partial charge is 0.480 e. The average molecular weight is 333 g/mol. The second kappa shape index (κ2) is 6.36. The van der Waals surface area contributed by atoms with Crippen molar-refractivity contribution in [2.24, 2.45) is 0 Å². The SMILES string of the molecule is O=C(O)C(Cc1cscn1)n1[cH-]c2c([nH]c3ccccc32)c1=O.[Li+]. The predicted molar refractivity (Wildman–Crippen MR) is 88.1 cm³/mol. The van der Waals surface area contributed by atoms with Gasteiger partial charge in [-0.1, -0.05) is 29.8 Å². The van der Waals surface area contributed by atoms with Gasteiger partial charge in [0.05, 0.1) is 11.2 Å². The molecule has 24 heavy (non-hydrogen) atoms. The first kappa shape index (κ1) is 16.6. The number of carboxylic acids is 1. The number of thiazole rings is 1. The number of aromatic nitrogens is 3. The first-order valence-electron chi connectivity index (χ1n) is 7.03. The Kier molecular flexibility index (Phi) is 4.41. The van der Waals surface area contributed by atoms with E-state index < -0.39 is 12.0 Å². The van der Waals surface area contributed by atoms with Crippen molar-refractivity contribution in [3.8, 4) is 0 Å². The number of nitrogens with one attached hydrogen (secondary N) is 1. The van der Waals surface area contributed by atoms with Gasteiger partial charge < -0.3 is 19.5 Å². The summed E-state index contributed by atoms with van der Waals surface area (Å²) in [6, 6.07) is 6.61. The predicted octanol–water partition coefficient (Wildman–Crippen LogP) is -0.469. The molecular formula is C16H12LiN3O3S. The van der Waals surface area contributed by atoms with E-state index in [0.29, 0.717) is 11.2 Å². The summed E-state index contributed by atoms with van der Waals surface area (Å²) in [7, 11) is 0. The Morgan fingerprint density at radius 2 is 2.21 bits per heavy atom. The van der Waals surface area contributed by atoms with Gasteiger partial charge in [0.25, 0.3) is 0 Å². The molecule has 0 saturated carbocycles. The van der Waals surface area contributed by atoms with Crippen molar-refractivity contribution < 1.29 is 28.8 Å². The topological polar surface area (TPSA) is 88.0 Å². The molecule has 116 valence electrons. The molecule has 1 unspecified atom stereocenters. The number of aromatic amines is 1. The van der Waals surface area contributed by atoms with Gasteiger partial charge in [0.1, 0.15) is 6.04 Å². The quantitative estimate of drug-likeness (QED) is 0.390. The number of hydrogen-bond donors (Lipinski definition) is 2. The van der Waals surface area contributed by atoms with Gasteiger partial charge in [-0.2, -0.15) is 0 Å². The number of nitrogens with zero attached hydrogens (tertiary/aromatic N) is 2. The van der Waals surface area contributed by atoms with Crippen LogP contribution in [0.4, 0.5) is 0 Å². The van der Waals surface area contributed by atoms with E-state index in [0.717, 1.165) is 16.3 Å². The fourth-order valence-corrected chi connectivity index (χ4v) is 3.44. The molecule has 0 saturated heterocycles. The minimum Gasteiger partial charge on any atom is -0.480 e. The maximum absolute atomic E-state index is 12.6. The number of carbonyl (C=O) groups is 1. The van der Waals surface area contributed by atoms with E-state index in [-0.39, 0.29) is 30.8 Å². The molecule has 1 aromatic carbocycles. The molecule has 3 aromatic heterocycles. The van der Waals surface area contributed by atoms with Crippen LogP contribution < -0.4 is 24.4 Å². The second-order valence-electron chi connectivity index (χ2n) is 5.34. The molecule has 0 amide bonds. The van der Waals surface area contributed by atoms with E-state index >= 15 is 0 Å². The average Bonchev–Trinajstić information content (AvgIpc) is 3.23. The van der Waals surface area contributed by atoms with Gasteiger partial charge in [-0.3, -0.25) is 4.79 Å². The minimum atomic E-state index is -1.04. The summed E-state index contributed by atoms with van der Waals surface area (Å²) in [4.78, 5) is 31.5. The van der Waals surface area contributed by atoms with E-state index in [2.05, 4.69) is 9.97 Å². The Balaban J connectivity index is 0.00000169. The van der Waals surface area contributed by atoms with Crippen LogP contribution in [0.15, 0.2) is 46.1 Å². The summed E-state index contributed by atoms with van der Waals surface area (Å²) in [5, 5.41) is 13.0. The number of carboxylic acid groups (broad SMARTS) is 1. The third-order valence-electron chi connectivity index (χ3n) is 3.97. The third-order valence-corrected chi connectivity index (χ3v) is 4.60. The van der Waals surface area contributed by atoms with Gasteiger partial charge in [-0.25, -0.2) is 4.98 Å². The normalized spacial score (nSPS) is 12.3. The largest absolute Gasteiger partial charge is 1.00 e. The first-order chi connectivity index (χ1) is 11.1. The van der Waals surface area contributed by atoms with E-state index in [9.17, 15) is 14.7 Å². The summed E-state index contributed by atoms with van der Waals surface area (Å²) in [6.07, 6.45) is 1.81. The van der Waals surface area contributed by atoms with Crippen LogP contribution in [0.25, 0.3) is 21.8 Å². The maximum atomic E-state index is 12.6. The Morgan fingerprint density at radius 3 is 2.92 bits per heavy atom. The molecule has 4 rings (SSSR count). The molecule has 3 heterocycles. The number of H-pyrrole nitrogens is 1. The van der Waals surface area contributed by atoms with E-state index in [1.165, 1.54) is 15.9 Å². The molecular weight excluding hydrogens is 321 g/mol. The summed E-state index contributed by atoms with van der Waals surface area (Å²) in [6.45, 7) is 0. The monoisotopic (exact) mass is 333 g/mol. The summed E-state index contributed by atoms with van der Waals surface area (Å²) in [5.74, 6) is -1.04. The first-order valence-corrected chi connectivity index (χ1v) is 7.97. The van der Waals surface area contributed by atoms with Gasteiger partial charge in [0.15, 0.2) is 5.56 Å². The second-order valence-corrected chi connectivity index (χ2v) is 6.06. The summed E-state index contributed by atoms with van der Waals surface area (Å²) >= 11 is 1.40. The summed E-state index contributed by atoms with van der Waals surface area (Å²) in [5.41, 5.74) is 3.31. The Bertz CT molecular complexity index is 1060. The summed E-state index contributed by atoms with van der Waals surface area (Å²) < 4.78 is 1.29. The molecule has 1 atom stereocenters. The maximum Gasteiger partial charge on any atom is 1.00 e. The molecule has 0 bridgehead atoms. The van der Waals surface area contributed by atoms with Crippen LogP contribution in [0.2, 0.25) is 0 Å². The molecule has 8 heteroatoms. The van der Waals surface area contributed by atoms with Gasteiger partial charge >= 0.3 is 24.8 Å². The number of hydrogen-bond acceptors (Lipinski definition) is 4. The molecule has 6 nitrogen and oxygen atoms in total. The van der Waals surface area contributed by atoms with Gasteiger partial charge in [-0.05, 0) is 17.1 Å². The third kappa shape index (κ3) is 2.61. The Labute approximate surface area is 152 Å². The number of para-hydroxylation sites is 1. The molecule has 0 spiro atoms. The number of fused-ring (bicyclic) bond motifs is 3. The van der Waals surface area contributed by atoms with Crippen LogP contribution in [0.3, 0.4) is 0 Å². The molecule has 0 radical (unpaired) electrons. The molecule has 4 aromatic rings. The Morgan fingerprint density at radius 1 is 1.42 bits per heavy atom. The zero-order valence-electron chi connectivity index (χ0n) is 12.9. The van der Waals surface area contributed by atoms with Crippen molar-refractivity contribution in [3.63, 3.8) is 0 Å². The van der Waals surface area contributed by atoms with Crippen molar-refractivity contribution in [1.29, 1.82) is 0 Å². The zero-order valence-corrected chi connectivity index (χ0v) is 13.7. The van der Waals surface area contributed by atoms with Crippen LogP contribution >= 0.6 is 11.3 Å². The van der Waals surface area contributed by atoms with Crippen molar-refractivity contribution >= 4 is 39.1 Å². The Hall–Kier alpha value is -2.20. The fourth-order valence-electron chi connectivity index (χ4n) is 2.87. The van der Waals surface area contributed by atoms with Crippen LogP contribution in [0.5, 0.6) is 0 Å². The van der Waals surface area contributed by atoms with Crippen LogP contribution in [-0.4, -0.2) is 25.6 Å². The molecule has 0 aliphatic rings. The van der Waals surface area contributed by atoms with Crippen molar-refractivity contribution in [2.75, 3.05) is 0 Å². The van der Waals surface area contributed by atoms with E-state index in [4.69, 9.17) is 0 Å². The van der Waals surface area contributed by atoms with E-state index in [1.54, 1.807) is 17.1 Å². The van der Waals surface area contributed by atoms with Crippen LogP contribution in [-0.2, 0) is 11.2 Å². The van der Waals surface area contributed by atoms with Crippen LogP contribution in [0.1, 0.15) is 11.7 Å².